The standard InChI is InChI=1S/C26H18Br2Cl2N2O4/c1-2-35-26(34)16-4-7-20(8-5-16)32-25(33)18(13-31)9-15-10-21(27)24(22(28)11-15)36-14-17-3-6-19(29)12-23(17)30/h3-12H,2,14H2,1H3,(H,32,33)/b18-9+. The van der Waals surface area contributed by atoms with Crippen molar-refractivity contribution in [3.8, 4) is 11.8 Å². The van der Waals surface area contributed by atoms with Gasteiger partial charge in [-0.05, 0) is 99.0 Å². The van der Waals surface area contributed by atoms with Crippen LogP contribution in [0.2, 0.25) is 10.0 Å². The molecule has 1 N–H and O–H groups in total. The zero-order chi connectivity index (χ0) is 26.2. The Morgan fingerprint density at radius 3 is 2.31 bits per heavy atom. The number of amides is 1. The third-order valence-corrected chi connectivity index (χ3v) is 6.50. The molecule has 1 amide bonds. The van der Waals surface area contributed by atoms with Crippen LogP contribution in [0.15, 0.2) is 69.1 Å². The Bertz CT molecular complexity index is 1350. The highest BCUT2D eigenvalue weighted by Crippen LogP contribution is 2.36. The molecule has 0 aliphatic rings. The van der Waals surface area contributed by atoms with Gasteiger partial charge in [0, 0.05) is 21.3 Å². The lowest BCUT2D eigenvalue weighted by Gasteiger charge is -2.13. The summed E-state index contributed by atoms with van der Waals surface area (Å²) in [5, 5.41) is 13.2. The lowest BCUT2D eigenvalue weighted by atomic mass is 10.1. The highest BCUT2D eigenvalue weighted by Gasteiger charge is 2.14. The summed E-state index contributed by atoms with van der Waals surface area (Å²) in [6.07, 6.45) is 1.46. The molecule has 0 unspecified atom stereocenters. The molecule has 184 valence electrons. The molecule has 36 heavy (non-hydrogen) atoms. The Labute approximate surface area is 235 Å². The minimum atomic E-state index is -0.591. The Morgan fingerprint density at radius 2 is 1.72 bits per heavy atom. The van der Waals surface area contributed by atoms with Crippen LogP contribution in [-0.2, 0) is 16.1 Å². The molecule has 0 saturated carbocycles. The van der Waals surface area contributed by atoms with Gasteiger partial charge in [0.1, 0.15) is 24.0 Å². The van der Waals surface area contributed by atoms with Crippen LogP contribution in [0.25, 0.3) is 6.08 Å². The van der Waals surface area contributed by atoms with E-state index in [1.807, 2.05) is 6.07 Å². The van der Waals surface area contributed by atoms with Crippen molar-refractivity contribution in [2.45, 2.75) is 13.5 Å². The third kappa shape index (κ3) is 7.34. The highest BCUT2D eigenvalue weighted by molar-refractivity contribution is 9.11. The van der Waals surface area contributed by atoms with Gasteiger partial charge in [-0.15, -0.1) is 0 Å². The number of hydrogen-bond donors (Lipinski definition) is 1. The predicted octanol–water partition coefficient (Wildman–Crippen LogP) is 7.82. The van der Waals surface area contributed by atoms with Crippen LogP contribution >= 0.6 is 55.1 Å². The van der Waals surface area contributed by atoms with Crippen LogP contribution in [0.5, 0.6) is 5.75 Å². The van der Waals surface area contributed by atoms with E-state index < -0.39 is 11.9 Å². The van der Waals surface area contributed by atoms with Crippen molar-refractivity contribution in [3.63, 3.8) is 0 Å². The fourth-order valence-electron chi connectivity index (χ4n) is 3.01. The largest absolute Gasteiger partial charge is 0.486 e. The van der Waals surface area contributed by atoms with Gasteiger partial charge in [0.2, 0.25) is 0 Å². The number of carbonyl (C=O) groups excluding carboxylic acids is 2. The summed E-state index contributed by atoms with van der Waals surface area (Å²) in [5.74, 6) is -0.512. The molecule has 0 fully saturated rings. The number of ether oxygens (including phenoxy) is 2. The number of rotatable bonds is 8. The maximum absolute atomic E-state index is 12.7. The minimum Gasteiger partial charge on any atom is -0.486 e. The summed E-state index contributed by atoms with van der Waals surface area (Å²) in [7, 11) is 0. The lowest BCUT2D eigenvalue weighted by Crippen LogP contribution is -2.13. The number of anilines is 1. The van der Waals surface area contributed by atoms with Crippen molar-refractivity contribution in [2.75, 3.05) is 11.9 Å². The number of nitrogens with zero attached hydrogens (tertiary/aromatic N) is 1. The number of benzene rings is 3. The average molecular weight is 653 g/mol. The molecule has 0 aliphatic heterocycles. The van der Waals surface area contributed by atoms with Crippen molar-refractivity contribution in [1.29, 1.82) is 5.26 Å². The molecule has 0 spiro atoms. The van der Waals surface area contributed by atoms with Crippen molar-refractivity contribution in [2.24, 2.45) is 0 Å². The minimum absolute atomic E-state index is 0.107. The van der Waals surface area contributed by atoms with E-state index in [9.17, 15) is 14.9 Å². The normalized spacial score (nSPS) is 10.9. The van der Waals surface area contributed by atoms with E-state index in [2.05, 4.69) is 37.2 Å². The molecule has 3 rings (SSSR count). The van der Waals surface area contributed by atoms with Gasteiger partial charge in [-0.3, -0.25) is 4.79 Å². The maximum Gasteiger partial charge on any atom is 0.338 e. The topological polar surface area (TPSA) is 88.4 Å². The van der Waals surface area contributed by atoms with Gasteiger partial charge in [0.15, 0.2) is 0 Å². The molecule has 0 atom stereocenters. The van der Waals surface area contributed by atoms with Crippen LogP contribution in [0.4, 0.5) is 5.69 Å². The zero-order valence-corrected chi connectivity index (χ0v) is 23.5. The van der Waals surface area contributed by atoms with Gasteiger partial charge in [-0.1, -0.05) is 29.3 Å². The summed E-state index contributed by atoms with van der Waals surface area (Å²) in [5.41, 5.74) is 2.05. The Morgan fingerprint density at radius 1 is 1.06 bits per heavy atom. The Kier molecular flexibility index (Phi) is 9.97. The van der Waals surface area contributed by atoms with Crippen molar-refractivity contribution < 1.29 is 19.1 Å². The molecule has 3 aromatic carbocycles. The van der Waals surface area contributed by atoms with E-state index in [0.29, 0.717) is 41.6 Å². The summed E-state index contributed by atoms with van der Waals surface area (Å²) in [6.45, 7) is 2.20. The summed E-state index contributed by atoms with van der Waals surface area (Å²) >= 11 is 19.1. The molecule has 10 heteroatoms. The maximum atomic E-state index is 12.7. The zero-order valence-electron chi connectivity index (χ0n) is 18.8. The predicted molar refractivity (Wildman–Crippen MR) is 147 cm³/mol. The fraction of sp³-hybridized carbons (Fsp3) is 0.115. The molecule has 0 aliphatic carbocycles. The molecular weight excluding hydrogens is 635 g/mol. The Balaban J connectivity index is 1.73. The van der Waals surface area contributed by atoms with Crippen molar-refractivity contribution in [1.82, 2.24) is 0 Å². The second-order valence-corrected chi connectivity index (χ2v) is 9.81. The van der Waals surface area contributed by atoms with Crippen molar-refractivity contribution in [3.05, 3.63) is 95.9 Å². The summed E-state index contributed by atoms with van der Waals surface area (Å²) in [4.78, 5) is 24.4. The van der Waals surface area contributed by atoms with Crippen LogP contribution in [0.1, 0.15) is 28.4 Å². The SMILES string of the molecule is CCOC(=O)c1ccc(NC(=O)/C(C#N)=C/c2cc(Br)c(OCc3ccc(Cl)cc3Cl)c(Br)c2)cc1. The molecule has 0 radical (unpaired) electrons. The van der Waals surface area contributed by atoms with E-state index >= 15 is 0 Å². The van der Waals surface area contributed by atoms with Crippen LogP contribution in [0.3, 0.4) is 0 Å². The number of esters is 1. The lowest BCUT2D eigenvalue weighted by molar-refractivity contribution is -0.112. The van der Waals surface area contributed by atoms with Crippen LogP contribution in [-0.4, -0.2) is 18.5 Å². The van der Waals surface area contributed by atoms with Gasteiger partial charge in [0.05, 0.1) is 21.1 Å². The van der Waals surface area contributed by atoms with E-state index in [4.69, 9.17) is 32.7 Å². The summed E-state index contributed by atoms with van der Waals surface area (Å²) < 4.78 is 12.1. The number of halogens is 4. The summed E-state index contributed by atoms with van der Waals surface area (Å²) in [6, 6.07) is 16.7. The first kappa shape index (κ1) is 27.8. The first-order valence-electron chi connectivity index (χ1n) is 10.5. The molecule has 0 saturated heterocycles. The number of nitriles is 1. The van der Waals surface area contributed by atoms with E-state index in [0.717, 1.165) is 5.56 Å². The van der Waals surface area contributed by atoms with Gasteiger partial charge in [-0.2, -0.15) is 5.26 Å². The Hall–Kier alpha value is -2.83. The average Bonchev–Trinajstić information content (AvgIpc) is 2.83. The first-order chi connectivity index (χ1) is 17.2. The molecule has 0 bridgehead atoms. The van der Waals surface area contributed by atoms with Gasteiger partial charge < -0.3 is 14.8 Å². The molecular formula is C26H18Br2Cl2N2O4. The first-order valence-corrected chi connectivity index (χ1v) is 12.8. The van der Waals surface area contributed by atoms with Crippen molar-refractivity contribution >= 4 is 78.7 Å². The molecule has 6 nitrogen and oxygen atoms in total. The second kappa shape index (κ2) is 12.9. The van der Waals surface area contributed by atoms with E-state index in [1.54, 1.807) is 49.4 Å². The van der Waals surface area contributed by atoms with Gasteiger partial charge in [0.25, 0.3) is 5.91 Å². The van der Waals surface area contributed by atoms with E-state index in [-0.39, 0.29) is 18.8 Å². The van der Waals surface area contributed by atoms with Crippen LogP contribution in [0, 0.1) is 11.3 Å². The van der Waals surface area contributed by atoms with Gasteiger partial charge in [-0.25, -0.2) is 4.79 Å². The monoisotopic (exact) mass is 650 g/mol. The third-order valence-electron chi connectivity index (χ3n) is 4.74. The molecule has 0 aromatic heterocycles. The molecule has 3 aromatic rings. The number of hydrogen-bond acceptors (Lipinski definition) is 5. The number of nitrogens with one attached hydrogen (secondary N) is 1. The molecule has 0 heterocycles. The highest BCUT2D eigenvalue weighted by atomic mass is 79.9. The fourth-order valence-corrected chi connectivity index (χ4v) is 4.92. The number of carbonyl (C=O) groups is 2. The van der Waals surface area contributed by atoms with Gasteiger partial charge >= 0.3 is 5.97 Å². The second-order valence-electron chi connectivity index (χ2n) is 7.26. The quantitative estimate of drug-likeness (QED) is 0.152. The smallest absolute Gasteiger partial charge is 0.338 e. The van der Waals surface area contributed by atoms with E-state index in [1.165, 1.54) is 18.2 Å². The van der Waals surface area contributed by atoms with Crippen LogP contribution < -0.4 is 10.1 Å².